The number of unbranched alkanes of at least 4 members (excludes halogenated alkanes) is 25. The van der Waals surface area contributed by atoms with Gasteiger partial charge in [-0.3, -0.25) is 4.79 Å². The lowest BCUT2D eigenvalue weighted by atomic mass is 9.47. The monoisotopic (exact) mass is 927 g/mol. The summed E-state index contributed by atoms with van der Waals surface area (Å²) in [6.07, 6.45) is 71.2. The van der Waals surface area contributed by atoms with Crippen LogP contribution in [0, 0.1) is 46.3 Å². The van der Waals surface area contributed by atoms with Crippen LogP contribution in [-0.4, -0.2) is 12.1 Å². The Bertz CT molecular complexity index is 1380. The Morgan fingerprint density at radius 2 is 1.09 bits per heavy atom. The van der Waals surface area contributed by atoms with Crippen molar-refractivity contribution in [2.24, 2.45) is 46.3 Å². The Hall–Kier alpha value is -1.57. The summed E-state index contributed by atoms with van der Waals surface area (Å²) >= 11 is 0. The first-order chi connectivity index (χ1) is 32.7. The highest BCUT2D eigenvalue weighted by Gasteiger charge is 2.59. The van der Waals surface area contributed by atoms with Crippen LogP contribution >= 0.6 is 0 Å². The summed E-state index contributed by atoms with van der Waals surface area (Å²) in [5, 5.41) is 0. The topological polar surface area (TPSA) is 26.3 Å². The van der Waals surface area contributed by atoms with Crippen LogP contribution in [0.4, 0.5) is 0 Å². The van der Waals surface area contributed by atoms with Crippen molar-refractivity contribution in [3.63, 3.8) is 0 Å². The van der Waals surface area contributed by atoms with E-state index in [0.717, 1.165) is 67.6 Å². The summed E-state index contributed by atoms with van der Waals surface area (Å²) < 4.78 is 6.18. The number of carbonyl (C=O) groups excluding carboxylic acids is 1. The lowest BCUT2D eigenvalue weighted by Crippen LogP contribution is -2.51. The van der Waals surface area contributed by atoms with E-state index in [1.807, 2.05) is 0 Å². The van der Waals surface area contributed by atoms with Gasteiger partial charge in [0.1, 0.15) is 6.10 Å². The molecule has 386 valence electrons. The molecule has 3 fully saturated rings. The molecule has 8 atom stereocenters. The number of carbonyl (C=O) groups is 1. The molecule has 0 amide bonds. The van der Waals surface area contributed by atoms with Crippen molar-refractivity contribution >= 4 is 5.97 Å². The van der Waals surface area contributed by atoms with Gasteiger partial charge in [0.15, 0.2) is 0 Å². The number of hydrogen-bond donors (Lipinski definition) is 0. The molecule has 0 radical (unpaired) electrons. The fourth-order valence-electron chi connectivity index (χ4n) is 14.4. The number of ether oxygens (including phenoxy) is 1. The summed E-state index contributed by atoms with van der Waals surface area (Å²) in [6, 6.07) is 0. The van der Waals surface area contributed by atoms with Gasteiger partial charge in [-0.1, -0.05) is 250 Å². The van der Waals surface area contributed by atoms with E-state index in [1.165, 1.54) is 225 Å². The first-order valence-electron chi connectivity index (χ1n) is 30.5. The van der Waals surface area contributed by atoms with Crippen molar-refractivity contribution in [1.82, 2.24) is 0 Å². The molecule has 8 unspecified atom stereocenters. The molecule has 67 heavy (non-hydrogen) atoms. The molecular weight excluding hydrogens is 813 g/mol. The highest BCUT2D eigenvalue weighted by molar-refractivity contribution is 5.69. The molecule has 0 aromatic rings. The fraction of sp³-hybridized carbons (Fsp3) is 0.862. The number of allylic oxidation sites excluding steroid dienone is 7. The minimum atomic E-state index is 0.0671. The molecule has 4 aliphatic carbocycles. The van der Waals surface area contributed by atoms with Gasteiger partial charge in [-0.2, -0.15) is 0 Å². The van der Waals surface area contributed by atoms with E-state index in [-0.39, 0.29) is 12.1 Å². The van der Waals surface area contributed by atoms with Crippen molar-refractivity contribution in [2.45, 2.75) is 311 Å². The average Bonchev–Trinajstić information content (AvgIpc) is 3.67. The zero-order valence-electron chi connectivity index (χ0n) is 45.9. The quantitative estimate of drug-likeness (QED) is 0.0349. The zero-order chi connectivity index (χ0) is 47.8. The summed E-state index contributed by atoms with van der Waals surface area (Å²) in [7, 11) is 0. The van der Waals surface area contributed by atoms with Crippen LogP contribution < -0.4 is 0 Å². The Labute approximate surface area is 419 Å². The third-order valence-electron chi connectivity index (χ3n) is 18.6. The van der Waals surface area contributed by atoms with Crippen LogP contribution in [0.3, 0.4) is 0 Å². The van der Waals surface area contributed by atoms with Crippen LogP contribution in [-0.2, 0) is 9.53 Å². The molecule has 2 heteroatoms. The molecule has 4 aliphatic rings. The van der Waals surface area contributed by atoms with E-state index in [4.69, 9.17) is 4.74 Å². The Morgan fingerprint density at radius 1 is 0.582 bits per heavy atom. The third kappa shape index (κ3) is 21.8. The van der Waals surface area contributed by atoms with Crippen LogP contribution in [0.15, 0.2) is 48.1 Å². The molecule has 0 aliphatic heterocycles. The van der Waals surface area contributed by atoms with E-state index >= 15 is 0 Å². The predicted octanol–water partition coefficient (Wildman–Crippen LogP) is 21.3. The van der Waals surface area contributed by atoms with Gasteiger partial charge in [0.2, 0.25) is 0 Å². The van der Waals surface area contributed by atoms with E-state index < -0.39 is 0 Å². The first-order valence-corrected chi connectivity index (χ1v) is 30.5. The molecule has 3 saturated carbocycles. The van der Waals surface area contributed by atoms with Crippen molar-refractivity contribution < 1.29 is 9.53 Å². The number of fused-ring (bicyclic) bond motifs is 5. The highest BCUT2D eigenvalue weighted by Crippen LogP contribution is 2.67. The minimum absolute atomic E-state index is 0.0671. The molecule has 0 N–H and O–H groups in total. The fourth-order valence-corrected chi connectivity index (χ4v) is 14.4. The standard InChI is InChI=1S/C65H114O2/c1-7-8-9-10-11-12-13-14-15-16-17-18-19-20-21-22-23-24-25-26-27-28-29-30-31-32-33-34-35-36-37-38-39-40-41-45-63(66)67-58-50-52-64(5)57(54-58)46-47-59-61-49-48-60(56(4)44-42-43-55(2)3)65(61,6)53-51-62(59)64/h13-14,16-17,19-20,46,55-56,58-62H,7-12,15,18,21-45,47-54H2,1-6H3/b14-13-,17-16-,20-19-. The molecule has 0 aromatic carbocycles. The largest absolute Gasteiger partial charge is 0.462 e. The average molecular weight is 928 g/mol. The highest BCUT2D eigenvalue weighted by atomic mass is 16.5. The smallest absolute Gasteiger partial charge is 0.306 e. The Morgan fingerprint density at radius 3 is 1.63 bits per heavy atom. The van der Waals surface area contributed by atoms with Gasteiger partial charge in [-0.05, 0) is 136 Å². The van der Waals surface area contributed by atoms with Gasteiger partial charge in [-0.15, -0.1) is 0 Å². The normalized spacial score (nSPS) is 26.7. The summed E-state index contributed by atoms with van der Waals surface area (Å²) in [6.45, 7) is 15.0. The second kappa shape index (κ2) is 34.7. The Kier molecular flexibility index (Phi) is 30.0. The maximum Gasteiger partial charge on any atom is 0.306 e. The number of hydrogen-bond acceptors (Lipinski definition) is 2. The summed E-state index contributed by atoms with van der Waals surface area (Å²) in [5.41, 5.74) is 2.53. The second-order valence-electron chi connectivity index (χ2n) is 24.3. The maximum absolute atomic E-state index is 13.0. The van der Waals surface area contributed by atoms with Crippen molar-refractivity contribution in [2.75, 3.05) is 0 Å². The van der Waals surface area contributed by atoms with Crippen LogP contribution in [0.2, 0.25) is 0 Å². The molecule has 4 rings (SSSR count). The van der Waals surface area contributed by atoms with Gasteiger partial charge in [0.25, 0.3) is 0 Å². The van der Waals surface area contributed by atoms with E-state index in [1.54, 1.807) is 5.57 Å². The molecule has 0 heterocycles. The minimum Gasteiger partial charge on any atom is -0.462 e. The SMILES string of the molecule is CCCCCCC/C=C\C/C=C\C/C=C\CCCCCCCCCCCCCCCCCCCCCCC(=O)OC1CCC2(C)C(=CCC3C2CCC2(C)C(C(C)CCCC(C)C)CCC32)C1. The number of esters is 1. The van der Waals surface area contributed by atoms with Crippen molar-refractivity contribution in [1.29, 1.82) is 0 Å². The van der Waals surface area contributed by atoms with Crippen molar-refractivity contribution in [3.05, 3.63) is 48.1 Å². The van der Waals surface area contributed by atoms with Gasteiger partial charge in [0.05, 0.1) is 0 Å². The first kappa shape index (κ1) is 58.0. The maximum atomic E-state index is 13.0. The molecule has 0 aromatic heterocycles. The van der Waals surface area contributed by atoms with Gasteiger partial charge >= 0.3 is 5.97 Å². The van der Waals surface area contributed by atoms with Crippen LogP contribution in [0.1, 0.15) is 305 Å². The molecular formula is C65H114O2. The van der Waals surface area contributed by atoms with Gasteiger partial charge < -0.3 is 4.74 Å². The summed E-state index contributed by atoms with van der Waals surface area (Å²) in [4.78, 5) is 13.0. The number of rotatable bonds is 39. The zero-order valence-corrected chi connectivity index (χ0v) is 45.9. The summed E-state index contributed by atoms with van der Waals surface area (Å²) in [5.74, 6) is 5.32. The molecule has 0 bridgehead atoms. The predicted molar refractivity (Wildman–Crippen MR) is 295 cm³/mol. The third-order valence-corrected chi connectivity index (χ3v) is 18.6. The second-order valence-corrected chi connectivity index (χ2v) is 24.3. The van der Waals surface area contributed by atoms with E-state index in [0.29, 0.717) is 17.3 Å². The molecule has 0 spiro atoms. The van der Waals surface area contributed by atoms with E-state index in [9.17, 15) is 4.79 Å². The Balaban J connectivity index is 0.881. The lowest BCUT2D eigenvalue weighted by Gasteiger charge is -2.58. The molecule has 2 nitrogen and oxygen atoms in total. The molecule has 0 saturated heterocycles. The van der Waals surface area contributed by atoms with Crippen molar-refractivity contribution in [3.8, 4) is 0 Å². The van der Waals surface area contributed by atoms with Crippen LogP contribution in [0.25, 0.3) is 0 Å². The lowest BCUT2D eigenvalue weighted by molar-refractivity contribution is -0.151. The van der Waals surface area contributed by atoms with Gasteiger partial charge in [0, 0.05) is 12.8 Å². The van der Waals surface area contributed by atoms with Crippen LogP contribution in [0.5, 0.6) is 0 Å². The van der Waals surface area contributed by atoms with Gasteiger partial charge in [-0.25, -0.2) is 0 Å². The van der Waals surface area contributed by atoms with E-state index in [2.05, 4.69) is 84.1 Å².